The number of benzene rings is 2. The maximum atomic E-state index is 12.2. The van der Waals surface area contributed by atoms with Crippen molar-refractivity contribution < 1.29 is 19.1 Å². The number of anilines is 1. The van der Waals surface area contributed by atoms with Crippen LogP contribution in [0.5, 0.6) is 5.75 Å². The maximum Gasteiger partial charge on any atom is 0.337 e. The van der Waals surface area contributed by atoms with Gasteiger partial charge in [0.1, 0.15) is 5.75 Å². The van der Waals surface area contributed by atoms with Crippen LogP contribution in [0, 0.1) is 0 Å². The van der Waals surface area contributed by atoms with Crippen LogP contribution >= 0.6 is 0 Å². The zero-order valence-corrected chi connectivity index (χ0v) is 13.3. The molecule has 0 bridgehead atoms. The molecule has 0 fully saturated rings. The summed E-state index contributed by atoms with van der Waals surface area (Å²) in [7, 11) is 1.32. The van der Waals surface area contributed by atoms with E-state index in [9.17, 15) is 9.59 Å². The minimum absolute atomic E-state index is 0.0861. The average Bonchev–Trinajstić information content (AvgIpc) is 2.55. The number of hydrogen-bond acceptors (Lipinski definition) is 4. The van der Waals surface area contributed by atoms with Gasteiger partial charge >= 0.3 is 5.97 Å². The van der Waals surface area contributed by atoms with Crippen LogP contribution in [0.15, 0.2) is 48.5 Å². The SMILES string of the molecule is COC(=O)c1ccc(NC(=O)c2ccc(OC(C)C)cc2)cc1. The van der Waals surface area contributed by atoms with Crippen molar-refractivity contribution in [3.8, 4) is 5.75 Å². The fourth-order valence-electron chi connectivity index (χ4n) is 1.97. The van der Waals surface area contributed by atoms with Crippen LogP contribution in [0.3, 0.4) is 0 Å². The van der Waals surface area contributed by atoms with E-state index in [1.807, 2.05) is 13.8 Å². The molecule has 1 amide bonds. The molecule has 0 aliphatic rings. The molecule has 0 unspecified atom stereocenters. The summed E-state index contributed by atoms with van der Waals surface area (Å²) in [6.45, 7) is 3.89. The van der Waals surface area contributed by atoms with E-state index in [0.717, 1.165) is 5.75 Å². The lowest BCUT2D eigenvalue weighted by Gasteiger charge is -2.10. The monoisotopic (exact) mass is 313 g/mol. The fraction of sp³-hybridized carbons (Fsp3) is 0.222. The summed E-state index contributed by atoms with van der Waals surface area (Å²) in [4.78, 5) is 23.5. The van der Waals surface area contributed by atoms with Crippen LogP contribution in [-0.2, 0) is 4.74 Å². The minimum atomic E-state index is -0.413. The zero-order chi connectivity index (χ0) is 16.8. The Morgan fingerprint density at radius 3 is 2.00 bits per heavy atom. The number of carbonyl (C=O) groups excluding carboxylic acids is 2. The zero-order valence-electron chi connectivity index (χ0n) is 13.3. The first kappa shape index (κ1) is 16.5. The van der Waals surface area contributed by atoms with E-state index >= 15 is 0 Å². The number of methoxy groups -OCH3 is 1. The van der Waals surface area contributed by atoms with Gasteiger partial charge in [0.05, 0.1) is 18.8 Å². The van der Waals surface area contributed by atoms with Crippen molar-refractivity contribution in [1.82, 2.24) is 0 Å². The molecule has 0 spiro atoms. The first-order chi connectivity index (χ1) is 11.0. The topological polar surface area (TPSA) is 64.6 Å². The summed E-state index contributed by atoms with van der Waals surface area (Å²) >= 11 is 0. The molecule has 0 aromatic heterocycles. The molecule has 2 aromatic rings. The second-order valence-corrected chi connectivity index (χ2v) is 5.21. The highest BCUT2D eigenvalue weighted by Crippen LogP contribution is 2.16. The summed E-state index contributed by atoms with van der Waals surface area (Å²) < 4.78 is 10.2. The normalized spacial score (nSPS) is 10.3. The number of hydrogen-bond donors (Lipinski definition) is 1. The van der Waals surface area contributed by atoms with E-state index in [1.165, 1.54) is 7.11 Å². The molecule has 0 saturated heterocycles. The Hall–Kier alpha value is -2.82. The van der Waals surface area contributed by atoms with Gasteiger partial charge in [-0.15, -0.1) is 0 Å². The first-order valence-electron chi connectivity index (χ1n) is 7.26. The van der Waals surface area contributed by atoms with Crippen LogP contribution in [-0.4, -0.2) is 25.1 Å². The van der Waals surface area contributed by atoms with Crippen LogP contribution in [0.25, 0.3) is 0 Å². The number of ether oxygens (including phenoxy) is 2. The molecule has 1 N–H and O–H groups in total. The Morgan fingerprint density at radius 1 is 0.913 bits per heavy atom. The average molecular weight is 313 g/mol. The van der Waals surface area contributed by atoms with Crippen molar-refractivity contribution >= 4 is 17.6 Å². The Balaban J connectivity index is 2.02. The number of carbonyl (C=O) groups is 2. The lowest BCUT2D eigenvalue weighted by atomic mass is 10.1. The highest BCUT2D eigenvalue weighted by molar-refractivity contribution is 6.04. The van der Waals surface area contributed by atoms with Gasteiger partial charge in [-0.25, -0.2) is 4.79 Å². The summed E-state index contributed by atoms with van der Waals surface area (Å²) in [5.74, 6) is 0.0783. The number of rotatable bonds is 5. The molecule has 5 nitrogen and oxygen atoms in total. The van der Waals surface area contributed by atoms with E-state index < -0.39 is 5.97 Å². The van der Waals surface area contributed by atoms with Crippen molar-refractivity contribution in [3.05, 3.63) is 59.7 Å². The van der Waals surface area contributed by atoms with Gasteiger partial charge in [0, 0.05) is 11.3 Å². The van der Waals surface area contributed by atoms with Crippen LogP contribution in [0.4, 0.5) is 5.69 Å². The van der Waals surface area contributed by atoms with Crippen molar-refractivity contribution in [1.29, 1.82) is 0 Å². The summed E-state index contributed by atoms with van der Waals surface area (Å²) in [6.07, 6.45) is 0.0861. The van der Waals surface area contributed by atoms with Gasteiger partial charge in [-0.3, -0.25) is 4.79 Å². The Labute approximate surface area is 135 Å². The predicted molar refractivity (Wildman–Crippen MR) is 87.9 cm³/mol. The minimum Gasteiger partial charge on any atom is -0.491 e. The quantitative estimate of drug-likeness (QED) is 0.858. The molecule has 0 heterocycles. The molecule has 0 aliphatic heterocycles. The largest absolute Gasteiger partial charge is 0.491 e. The van der Waals surface area contributed by atoms with Gasteiger partial charge in [0.25, 0.3) is 5.91 Å². The van der Waals surface area contributed by atoms with Gasteiger partial charge < -0.3 is 14.8 Å². The molecule has 23 heavy (non-hydrogen) atoms. The fourth-order valence-corrected chi connectivity index (χ4v) is 1.97. The molecule has 2 rings (SSSR count). The summed E-state index contributed by atoms with van der Waals surface area (Å²) in [5, 5.41) is 2.77. The first-order valence-corrected chi connectivity index (χ1v) is 7.26. The van der Waals surface area contributed by atoms with E-state index in [4.69, 9.17) is 4.74 Å². The number of nitrogens with one attached hydrogen (secondary N) is 1. The number of esters is 1. The van der Waals surface area contributed by atoms with E-state index in [1.54, 1.807) is 48.5 Å². The number of amides is 1. The molecule has 0 radical (unpaired) electrons. The predicted octanol–water partition coefficient (Wildman–Crippen LogP) is 3.51. The summed E-state index contributed by atoms with van der Waals surface area (Å²) in [6, 6.07) is 13.4. The van der Waals surface area contributed by atoms with Gasteiger partial charge in [0.2, 0.25) is 0 Å². The Morgan fingerprint density at radius 2 is 1.48 bits per heavy atom. The van der Waals surface area contributed by atoms with E-state index in [2.05, 4.69) is 10.1 Å². The molecule has 2 aromatic carbocycles. The van der Waals surface area contributed by atoms with Gasteiger partial charge in [-0.05, 0) is 62.4 Å². The standard InChI is InChI=1S/C18H19NO4/c1-12(2)23-16-10-6-13(7-11-16)17(20)19-15-8-4-14(5-9-15)18(21)22-3/h4-12H,1-3H3,(H,19,20). The van der Waals surface area contributed by atoms with Crippen LogP contribution in [0.1, 0.15) is 34.6 Å². The Kier molecular flexibility index (Phi) is 5.36. The van der Waals surface area contributed by atoms with Crippen molar-refractivity contribution in [3.63, 3.8) is 0 Å². The molecule has 0 atom stereocenters. The van der Waals surface area contributed by atoms with Crippen LogP contribution < -0.4 is 10.1 Å². The van der Waals surface area contributed by atoms with Crippen LogP contribution in [0.2, 0.25) is 0 Å². The second-order valence-electron chi connectivity index (χ2n) is 5.21. The third-order valence-corrected chi connectivity index (χ3v) is 3.05. The van der Waals surface area contributed by atoms with Crippen molar-refractivity contribution in [2.24, 2.45) is 0 Å². The molecular weight excluding hydrogens is 294 g/mol. The highest BCUT2D eigenvalue weighted by atomic mass is 16.5. The summed E-state index contributed by atoms with van der Waals surface area (Å²) in [5.41, 5.74) is 1.56. The smallest absolute Gasteiger partial charge is 0.337 e. The highest BCUT2D eigenvalue weighted by Gasteiger charge is 2.08. The second kappa shape index (κ2) is 7.45. The lowest BCUT2D eigenvalue weighted by molar-refractivity contribution is 0.0600. The van der Waals surface area contributed by atoms with Crippen molar-refractivity contribution in [2.75, 3.05) is 12.4 Å². The van der Waals surface area contributed by atoms with Gasteiger partial charge in [0.15, 0.2) is 0 Å². The van der Waals surface area contributed by atoms with Gasteiger partial charge in [-0.2, -0.15) is 0 Å². The van der Waals surface area contributed by atoms with Crippen molar-refractivity contribution in [2.45, 2.75) is 20.0 Å². The molecular formula is C18H19NO4. The maximum absolute atomic E-state index is 12.2. The Bertz CT molecular complexity index is 675. The van der Waals surface area contributed by atoms with Gasteiger partial charge in [-0.1, -0.05) is 0 Å². The lowest BCUT2D eigenvalue weighted by Crippen LogP contribution is -2.12. The molecule has 0 aliphatic carbocycles. The third kappa shape index (κ3) is 4.57. The molecule has 120 valence electrons. The third-order valence-electron chi connectivity index (χ3n) is 3.05. The van der Waals surface area contributed by atoms with E-state index in [-0.39, 0.29) is 12.0 Å². The molecule has 5 heteroatoms. The van der Waals surface area contributed by atoms with E-state index in [0.29, 0.717) is 16.8 Å². The molecule has 0 saturated carbocycles.